The summed E-state index contributed by atoms with van der Waals surface area (Å²) in [6, 6.07) is 0. The summed E-state index contributed by atoms with van der Waals surface area (Å²) in [5.41, 5.74) is 1.52. The van der Waals surface area contributed by atoms with Crippen molar-refractivity contribution in [2.45, 2.75) is 12.8 Å². The van der Waals surface area contributed by atoms with E-state index in [-0.39, 0.29) is 0 Å². The normalized spacial score (nSPS) is 19.4. The molecule has 0 saturated carbocycles. The minimum absolute atomic E-state index is 0.697. The van der Waals surface area contributed by atoms with E-state index in [1.54, 1.807) is 12.4 Å². The van der Waals surface area contributed by atoms with Crippen molar-refractivity contribution in [1.29, 1.82) is 0 Å². The molecule has 21 heavy (non-hydrogen) atoms. The third kappa shape index (κ3) is 2.37. The third-order valence-electron chi connectivity index (χ3n) is 4.11. The van der Waals surface area contributed by atoms with E-state index in [0.717, 1.165) is 56.6 Å². The number of hydrogen-bond acceptors (Lipinski definition) is 7. The summed E-state index contributed by atoms with van der Waals surface area (Å²) in [4.78, 5) is 22.8. The number of fused-ring (bicyclic) bond motifs is 1. The second-order valence-electron chi connectivity index (χ2n) is 5.51. The average molecular weight is 285 g/mol. The van der Waals surface area contributed by atoms with E-state index >= 15 is 0 Å². The number of nitrogens with one attached hydrogen (secondary N) is 1. The molecule has 4 heterocycles. The van der Waals surface area contributed by atoms with E-state index < -0.39 is 0 Å². The monoisotopic (exact) mass is 285 g/mol. The maximum atomic E-state index is 4.82. The van der Waals surface area contributed by atoms with Crippen molar-refractivity contribution in [2.75, 3.05) is 49.1 Å². The van der Waals surface area contributed by atoms with Crippen molar-refractivity contribution >= 4 is 22.9 Å². The van der Waals surface area contributed by atoms with Gasteiger partial charge in [-0.2, -0.15) is 9.97 Å². The van der Waals surface area contributed by atoms with Crippen LogP contribution in [0, 0.1) is 0 Å². The van der Waals surface area contributed by atoms with E-state index in [0.29, 0.717) is 5.65 Å². The molecule has 2 aromatic heterocycles. The second kappa shape index (κ2) is 5.40. The van der Waals surface area contributed by atoms with Crippen molar-refractivity contribution in [3.8, 4) is 0 Å². The molecule has 2 saturated heterocycles. The number of anilines is 2. The summed E-state index contributed by atoms with van der Waals surface area (Å²) < 4.78 is 0. The Kier molecular flexibility index (Phi) is 3.27. The fraction of sp³-hybridized carbons (Fsp3) is 0.571. The number of rotatable bonds is 2. The van der Waals surface area contributed by atoms with Gasteiger partial charge in [0, 0.05) is 51.7 Å². The van der Waals surface area contributed by atoms with Crippen LogP contribution < -0.4 is 15.1 Å². The van der Waals surface area contributed by atoms with Gasteiger partial charge < -0.3 is 15.1 Å². The molecule has 0 bridgehead atoms. The SMILES string of the molecule is c1cnc2c(N3CCCC3)nc(N3CCNCC3)nc2n1. The molecule has 0 aromatic carbocycles. The molecule has 0 unspecified atom stereocenters. The van der Waals surface area contributed by atoms with Crippen LogP contribution in [0.15, 0.2) is 12.4 Å². The smallest absolute Gasteiger partial charge is 0.229 e. The van der Waals surface area contributed by atoms with Crippen molar-refractivity contribution in [3.63, 3.8) is 0 Å². The van der Waals surface area contributed by atoms with Crippen LogP contribution in [0.2, 0.25) is 0 Å². The Bertz CT molecular complexity index is 632. The summed E-state index contributed by atoms with van der Waals surface area (Å²) in [6.07, 6.45) is 5.85. The first kappa shape index (κ1) is 12.7. The molecule has 1 N–H and O–H groups in total. The van der Waals surface area contributed by atoms with Gasteiger partial charge in [-0.05, 0) is 12.8 Å². The number of nitrogens with zero attached hydrogens (tertiary/aromatic N) is 6. The molecule has 4 rings (SSSR count). The van der Waals surface area contributed by atoms with E-state index in [4.69, 9.17) is 4.98 Å². The number of hydrogen-bond donors (Lipinski definition) is 1. The zero-order chi connectivity index (χ0) is 14.1. The van der Waals surface area contributed by atoms with Gasteiger partial charge in [-0.15, -0.1) is 0 Å². The first-order chi connectivity index (χ1) is 10.4. The van der Waals surface area contributed by atoms with Gasteiger partial charge in [-0.25, -0.2) is 9.97 Å². The van der Waals surface area contributed by atoms with Crippen molar-refractivity contribution in [2.24, 2.45) is 0 Å². The van der Waals surface area contributed by atoms with Crippen LogP contribution in [-0.2, 0) is 0 Å². The van der Waals surface area contributed by atoms with Crippen LogP contribution in [0.3, 0.4) is 0 Å². The fourth-order valence-corrected chi connectivity index (χ4v) is 2.99. The highest BCUT2D eigenvalue weighted by Gasteiger charge is 2.22. The van der Waals surface area contributed by atoms with Gasteiger partial charge in [-0.3, -0.25) is 0 Å². The highest BCUT2D eigenvalue weighted by Crippen LogP contribution is 2.26. The highest BCUT2D eigenvalue weighted by atomic mass is 15.3. The molecule has 2 fully saturated rings. The Morgan fingerprint density at radius 1 is 0.857 bits per heavy atom. The van der Waals surface area contributed by atoms with E-state index in [1.165, 1.54) is 12.8 Å². The minimum Gasteiger partial charge on any atom is -0.355 e. The lowest BCUT2D eigenvalue weighted by atomic mass is 10.3. The molecule has 7 heteroatoms. The number of aromatic nitrogens is 4. The van der Waals surface area contributed by atoms with Crippen molar-refractivity contribution in [3.05, 3.63) is 12.4 Å². The molecule has 110 valence electrons. The standard InChI is InChI=1S/C14H19N7/c1-2-8-20(7-1)13-11-12(17-4-3-16-11)18-14(19-13)21-9-5-15-6-10-21/h3-4,15H,1-2,5-10H2. The summed E-state index contributed by atoms with van der Waals surface area (Å²) in [6.45, 7) is 5.91. The Hall–Kier alpha value is -2.02. The van der Waals surface area contributed by atoms with Gasteiger partial charge in [0.2, 0.25) is 5.95 Å². The summed E-state index contributed by atoms with van der Waals surface area (Å²) >= 11 is 0. The maximum Gasteiger partial charge on any atom is 0.229 e. The molecule has 0 aliphatic carbocycles. The first-order valence-corrected chi connectivity index (χ1v) is 7.61. The molecule has 7 nitrogen and oxygen atoms in total. The second-order valence-corrected chi connectivity index (χ2v) is 5.51. The van der Waals surface area contributed by atoms with Crippen LogP contribution >= 0.6 is 0 Å². The number of piperazine rings is 1. The lowest BCUT2D eigenvalue weighted by Gasteiger charge is -2.28. The molecule has 2 aromatic rings. The lowest BCUT2D eigenvalue weighted by molar-refractivity contribution is 0.580. The molecular formula is C14H19N7. The Morgan fingerprint density at radius 3 is 2.43 bits per heavy atom. The predicted molar refractivity (Wildman–Crippen MR) is 81.7 cm³/mol. The van der Waals surface area contributed by atoms with Crippen LogP contribution in [0.5, 0.6) is 0 Å². The summed E-state index contributed by atoms with van der Waals surface area (Å²) in [5.74, 6) is 1.73. The zero-order valence-corrected chi connectivity index (χ0v) is 12.0. The van der Waals surface area contributed by atoms with E-state index in [1.807, 2.05) is 0 Å². The van der Waals surface area contributed by atoms with E-state index in [2.05, 4.69) is 30.1 Å². The summed E-state index contributed by atoms with van der Waals surface area (Å²) in [7, 11) is 0. The highest BCUT2D eigenvalue weighted by molar-refractivity contribution is 5.84. The fourth-order valence-electron chi connectivity index (χ4n) is 2.99. The Morgan fingerprint density at radius 2 is 1.62 bits per heavy atom. The Balaban J connectivity index is 1.80. The molecule has 0 atom stereocenters. The third-order valence-corrected chi connectivity index (χ3v) is 4.11. The van der Waals surface area contributed by atoms with Crippen LogP contribution in [0.1, 0.15) is 12.8 Å². The van der Waals surface area contributed by atoms with Gasteiger partial charge in [0.1, 0.15) is 0 Å². The van der Waals surface area contributed by atoms with Gasteiger partial charge in [0.25, 0.3) is 0 Å². The van der Waals surface area contributed by atoms with Gasteiger partial charge >= 0.3 is 0 Å². The molecule has 2 aliphatic rings. The average Bonchev–Trinajstić information content (AvgIpc) is 3.09. The first-order valence-electron chi connectivity index (χ1n) is 7.61. The van der Waals surface area contributed by atoms with Crippen LogP contribution in [0.25, 0.3) is 11.2 Å². The predicted octanol–water partition coefficient (Wildman–Crippen LogP) is 0.430. The zero-order valence-electron chi connectivity index (χ0n) is 12.0. The molecule has 0 radical (unpaired) electrons. The van der Waals surface area contributed by atoms with E-state index in [9.17, 15) is 0 Å². The van der Waals surface area contributed by atoms with Crippen LogP contribution in [0.4, 0.5) is 11.8 Å². The molecule has 0 amide bonds. The maximum absolute atomic E-state index is 4.82. The molecule has 0 spiro atoms. The lowest BCUT2D eigenvalue weighted by Crippen LogP contribution is -2.44. The topological polar surface area (TPSA) is 70.1 Å². The Labute approximate surface area is 123 Å². The quantitative estimate of drug-likeness (QED) is 0.858. The minimum atomic E-state index is 0.697. The van der Waals surface area contributed by atoms with Gasteiger partial charge in [-0.1, -0.05) is 0 Å². The summed E-state index contributed by atoms with van der Waals surface area (Å²) in [5, 5.41) is 3.36. The van der Waals surface area contributed by atoms with Crippen molar-refractivity contribution in [1.82, 2.24) is 25.3 Å². The molecule has 2 aliphatic heterocycles. The molecular weight excluding hydrogens is 266 g/mol. The van der Waals surface area contributed by atoms with Crippen LogP contribution in [-0.4, -0.2) is 59.2 Å². The largest absolute Gasteiger partial charge is 0.355 e. The van der Waals surface area contributed by atoms with Gasteiger partial charge in [0.15, 0.2) is 17.0 Å². The van der Waals surface area contributed by atoms with Gasteiger partial charge in [0.05, 0.1) is 0 Å². The van der Waals surface area contributed by atoms with Crippen molar-refractivity contribution < 1.29 is 0 Å².